The van der Waals surface area contributed by atoms with Gasteiger partial charge >= 0.3 is 0 Å². The molecule has 2 heteroatoms. The molecule has 2 nitrogen and oxygen atoms in total. The van der Waals surface area contributed by atoms with E-state index in [1.165, 1.54) is 64.5 Å². The molecule has 1 aliphatic carbocycles. The van der Waals surface area contributed by atoms with Crippen molar-refractivity contribution in [1.82, 2.24) is 4.90 Å². The van der Waals surface area contributed by atoms with E-state index in [0.29, 0.717) is 11.0 Å². The monoisotopic (exact) mass is 294 g/mol. The summed E-state index contributed by atoms with van der Waals surface area (Å²) in [6.45, 7) is 13.1. The minimum atomic E-state index is 0.317. The highest BCUT2D eigenvalue weighted by molar-refractivity contribution is 4.95. The first-order chi connectivity index (χ1) is 9.87. The Morgan fingerprint density at radius 1 is 1.00 bits per heavy atom. The quantitative estimate of drug-likeness (QED) is 0.763. The lowest BCUT2D eigenvalue weighted by Crippen LogP contribution is -2.54. The molecular weight excluding hydrogens is 256 g/mol. The number of rotatable bonds is 2. The number of nitrogens with two attached hydrogens (primary N) is 1. The maximum absolute atomic E-state index is 6.31. The molecule has 0 bridgehead atoms. The third kappa shape index (κ3) is 4.22. The lowest BCUT2D eigenvalue weighted by atomic mass is 9.76. The van der Waals surface area contributed by atoms with Crippen molar-refractivity contribution in [3.8, 4) is 0 Å². The van der Waals surface area contributed by atoms with E-state index in [4.69, 9.17) is 5.73 Å². The van der Waals surface area contributed by atoms with E-state index in [-0.39, 0.29) is 0 Å². The van der Waals surface area contributed by atoms with E-state index in [2.05, 4.69) is 32.6 Å². The Labute approximate surface area is 132 Å². The van der Waals surface area contributed by atoms with Crippen LogP contribution in [0.2, 0.25) is 0 Å². The fraction of sp³-hybridized carbons (Fsp3) is 1.00. The second-order valence-electron chi connectivity index (χ2n) is 8.95. The summed E-state index contributed by atoms with van der Waals surface area (Å²) in [6, 6.07) is 0. The van der Waals surface area contributed by atoms with Gasteiger partial charge < -0.3 is 5.73 Å². The molecule has 2 N–H and O–H groups in total. The molecule has 124 valence electrons. The molecule has 0 amide bonds. The van der Waals surface area contributed by atoms with Crippen LogP contribution in [0, 0.1) is 17.3 Å². The van der Waals surface area contributed by atoms with Crippen molar-refractivity contribution >= 4 is 0 Å². The van der Waals surface area contributed by atoms with Crippen molar-refractivity contribution in [3.05, 3.63) is 0 Å². The molecule has 21 heavy (non-hydrogen) atoms. The van der Waals surface area contributed by atoms with Gasteiger partial charge in [-0.15, -0.1) is 0 Å². The van der Waals surface area contributed by atoms with E-state index < -0.39 is 0 Å². The van der Waals surface area contributed by atoms with Crippen LogP contribution in [0.4, 0.5) is 0 Å². The Morgan fingerprint density at radius 2 is 1.76 bits per heavy atom. The van der Waals surface area contributed by atoms with Gasteiger partial charge in [0.05, 0.1) is 0 Å². The molecule has 3 atom stereocenters. The molecule has 0 radical (unpaired) electrons. The van der Waals surface area contributed by atoms with Crippen molar-refractivity contribution in [2.24, 2.45) is 23.0 Å². The first kappa shape index (κ1) is 17.3. The van der Waals surface area contributed by atoms with E-state index in [9.17, 15) is 0 Å². The molecule has 0 aromatic carbocycles. The average Bonchev–Trinajstić information content (AvgIpc) is 2.77. The Morgan fingerprint density at radius 3 is 2.43 bits per heavy atom. The average molecular weight is 295 g/mol. The van der Waals surface area contributed by atoms with Crippen LogP contribution in [0.5, 0.6) is 0 Å². The van der Waals surface area contributed by atoms with E-state index in [1.807, 2.05) is 0 Å². The van der Waals surface area contributed by atoms with Gasteiger partial charge in [0.1, 0.15) is 0 Å². The first-order valence-electron chi connectivity index (χ1n) is 9.32. The predicted molar refractivity (Wildman–Crippen MR) is 92.4 cm³/mol. The summed E-state index contributed by atoms with van der Waals surface area (Å²) in [6.07, 6.45) is 10.9. The summed E-state index contributed by atoms with van der Waals surface area (Å²) in [5.74, 6) is 1.77. The Hall–Kier alpha value is -0.0800. The topological polar surface area (TPSA) is 29.3 Å². The fourth-order valence-corrected chi connectivity index (χ4v) is 4.65. The summed E-state index contributed by atoms with van der Waals surface area (Å²) >= 11 is 0. The van der Waals surface area contributed by atoms with Crippen LogP contribution in [0.3, 0.4) is 0 Å². The zero-order valence-electron chi connectivity index (χ0n) is 15.0. The normalized spacial score (nSPS) is 37.0. The van der Waals surface area contributed by atoms with E-state index in [1.54, 1.807) is 0 Å². The molecule has 3 unspecified atom stereocenters. The molecule has 0 aromatic heterocycles. The molecule has 1 aliphatic heterocycles. The molecule has 2 rings (SSSR count). The molecule has 2 aliphatic rings. The number of hydrogen-bond donors (Lipinski definition) is 1. The van der Waals surface area contributed by atoms with Crippen molar-refractivity contribution < 1.29 is 0 Å². The highest BCUT2D eigenvalue weighted by Crippen LogP contribution is 2.39. The number of nitrogens with zero attached hydrogens (tertiary/aromatic N) is 1. The maximum Gasteiger partial charge on any atom is 0.0331 e. The van der Waals surface area contributed by atoms with Crippen molar-refractivity contribution in [2.75, 3.05) is 19.6 Å². The maximum atomic E-state index is 6.31. The van der Waals surface area contributed by atoms with Crippen LogP contribution in [-0.2, 0) is 0 Å². The van der Waals surface area contributed by atoms with Crippen LogP contribution >= 0.6 is 0 Å². The van der Waals surface area contributed by atoms with Gasteiger partial charge in [-0.05, 0) is 68.9 Å². The SMILES string of the molecule is CC1CCCC(CN)(N2CCCC(C(C)(C)C)CC2)CC1. The zero-order valence-corrected chi connectivity index (χ0v) is 15.0. The lowest BCUT2D eigenvalue weighted by Gasteiger charge is -2.43. The minimum Gasteiger partial charge on any atom is -0.329 e. The van der Waals surface area contributed by atoms with Gasteiger partial charge in [0, 0.05) is 12.1 Å². The summed E-state index contributed by atoms with van der Waals surface area (Å²) in [5, 5.41) is 0. The Kier molecular flexibility index (Phi) is 5.76. The summed E-state index contributed by atoms with van der Waals surface area (Å²) in [5.41, 5.74) is 7.09. The van der Waals surface area contributed by atoms with Crippen LogP contribution in [-0.4, -0.2) is 30.1 Å². The molecule has 0 spiro atoms. The number of hydrogen-bond acceptors (Lipinski definition) is 2. The van der Waals surface area contributed by atoms with Crippen LogP contribution in [0.15, 0.2) is 0 Å². The van der Waals surface area contributed by atoms with Crippen molar-refractivity contribution in [2.45, 2.75) is 84.6 Å². The van der Waals surface area contributed by atoms with Crippen LogP contribution in [0.25, 0.3) is 0 Å². The van der Waals surface area contributed by atoms with Crippen LogP contribution in [0.1, 0.15) is 79.1 Å². The third-order valence-corrected chi connectivity index (χ3v) is 6.45. The highest BCUT2D eigenvalue weighted by atomic mass is 15.2. The second kappa shape index (κ2) is 7.00. The van der Waals surface area contributed by atoms with E-state index in [0.717, 1.165) is 18.4 Å². The van der Waals surface area contributed by atoms with Gasteiger partial charge in [-0.25, -0.2) is 0 Å². The van der Waals surface area contributed by atoms with Crippen molar-refractivity contribution in [3.63, 3.8) is 0 Å². The predicted octanol–water partition coefficient (Wildman–Crippen LogP) is 4.43. The largest absolute Gasteiger partial charge is 0.329 e. The second-order valence-corrected chi connectivity index (χ2v) is 8.95. The number of likely N-dealkylation sites (tertiary alicyclic amines) is 1. The van der Waals surface area contributed by atoms with Crippen LogP contribution < -0.4 is 5.73 Å². The van der Waals surface area contributed by atoms with Gasteiger partial charge in [0.15, 0.2) is 0 Å². The Bertz CT molecular complexity index is 320. The van der Waals surface area contributed by atoms with E-state index >= 15 is 0 Å². The summed E-state index contributed by atoms with van der Waals surface area (Å²) in [4.78, 5) is 2.80. The van der Waals surface area contributed by atoms with Gasteiger partial charge in [0.25, 0.3) is 0 Å². The van der Waals surface area contributed by atoms with Crippen molar-refractivity contribution in [1.29, 1.82) is 0 Å². The van der Waals surface area contributed by atoms with Gasteiger partial charge in [-0.3, -0.25) is 4.90 Å². The Balaban J connectivity index is 2.05. The minimum absolute atomic E-state index is 0.317. The molecule has 1 saturated carbocycles. The summed E-state index contributed by atoms with van der Waals surface area (Å²) < 4.78 is 0. The van der Waals surface area contributed by atoms with Gasteiger partial charge in [-0.1, -0.05) is 40.5 Å². The van der Waals surface area contributed by atoms with Gasteiger partial charge in [-0.2, -0.15) is 0 Å². The molecule has 2 fully saturated rings. The molecular formula is C19H38N2. The molecule has 0 aromatic rings. The zero-order chi connectivity index (χ0) is 15.5. The summed E-state index contributed by atoms with van der Waals surface area (Å²) in [7, 11) is 0. The molecule has 1 saturated heterocycles. The van der Waals surface area contributed by atoms with Gasteiger partial charge in [0.2, 0.25) is 0 Å². The first-order valence-corrected chi connectivity index (χ1v) is 9.32. The smallest absolute Gasteiger partial charge is 0.0331 e. The fourth-order valence-electron chi connectivity index (χ4n) is 4.65. The highest BCUT2D eigenvalue weighted by Gasteiger charge is 2.38. The molecule has 1 heterocycles. The standard InChI is InChI=1S/C19H38N2/c1-16-7-5-11-19(15-20,12-9-16)21-13-6-8-17(10-14-21)18(2,3)4/h16-17H,5-15,20H2,1-4H3. The third-order valence-electron chi connectivity index (χ3n) is 6.45. The lowest BCUT2D eigenvalue weighted by molar-refractivity contribution is 0.0768.